The highest BCUT2D eigenvalue weighted by atomic mass is 35.5. The molecule has 110 valence electrons. The molecule has 0 spiro atoms. The number of carbonyl (C=O) groups excluding carboxylic acids is 1. The average molecular weight is 311 g/mol. The number of non-ortho nitro benzene ring substituents is 1. The fourth-order valence-electron chi connectivity index (χ4n) is 1.65. The molecule has 1 aromatic carbocycles. The average Bonchev–Trinajstić information content (AvgIpc) is 2.73. The number of nitrogens with zero attached hydrogens (tertiary/aromatic N) is 3. The maximum absolute atomic E-state index is 11.9. The van der Waals surface area contributed by atoms with Gasteiger partial charge in [0.05, 0.1) is 33.6 Å². The molecule has 21 heavy (non-hydrogen) atoms. The lowest BCUT2D eigenvalue weighted by molar-refractivity contribution is -0.384. The Balaban J connectivity index is 2.09. The maximum Gasteiger partial charge on any atom is 0.273 e. The first kappa shape index (κ1) is 14.8. The van der Waals surface area contributed by atoms with E-state index < -0.39 is 10.8 Å². The molecule has 9 heteroatoms. The number of benzene rings is 1. The first-order valence-electron chi connectivity index (χ1n) is 5.83. The molecule has 8 nitrogen and oxygen atoms in total. The number of hydrogen-bond donors (Lipinski definition) is 2. The fraction of sp³-hybridized carbons (Fsp3) is 0.167. The summed E-state index contributed by atoms with van der Waals surface area (Å²) in [5.41, 5.74) is 0.460. The predicted octanol–water partition coefficient (Wildman–Crippen LogP) is 2.10. The summed E-state index contributed by atoms with van der Waals surface area (Å²) in [7, 11) is 0. The van der Waals surface area contributed by atoms with Gasteiger partial charge in [0.2, 0.25) is 5.91 Å². The third-order valence-electron chi connectivity index (χ3n) is 2.80. The number of amides is 1. The van der Waals surface area contributed by atoms with Gasteiger partial charge in [0.15, 0.2) is 0 Å². The molecule has 1 aromatic heterocycles. The van der Waals surface area contributed by atoms with Crippen LogP contribution in [0.15, 0.2) is 24.4 Å². The van der Waals surface area contributed by atoms with Crippen molar-refractivity contribution in [3.8, 4) is 5.75 Å². The molecular weight excluding hydrogens is 300 g/mol. The molecule has 0 saturated heterocycles. The van der Waals surface area contributed by atoms with Crippen molar-refractivity contribution < 1.29 is 14.8 Å². The van der Waals surface area contributed by atoms with Crippen molar-refractivity contribution in [3.63, 3.8) is 0 Å². The molecule has 2 N–H and O–H groups in total. The lowest BCUT2D eigenvalue weighted by Crippen LogP contribution is -2.20. The molecule has 0 radical (unpaired) electrons. The van der Waals surface area contributed by atoms with Crippen molar-refractivity contribution in [3.05, 3.63) is 45.2 Å². The highest BCUT2D eigenvalue weighted by molar-refractivity contribution is 6.31. The van der Waals surface area contributed by atoms with Crippen LogP contribution in [0.5, 0.6) is 5.75 Å². The van der Waals surface area contributed by atoms with Crippen LogP contribution in [0.3, 0.4) is 0 Å². The molecule has 0 bridgehead atoms. The summed E-state index contributed by atoms with van der Waals surface area (Å²) in [4.78, 5) is 21.8. The molecule has 2 aromatic rings. The molecule has 1 amide bonds. The number of phenolic OH excluding ortho intramolecular Hbond substituents is 1. The summed E-state index contributed by atoms with van der Waals surface area (Å²) >= 11 is 5.83. The van der Waals surface area contributed by atoms with Crippen molar-refractivity contribution in [1.82, 2.24) is 9.78 Å². The van der Waals surface area contributed by atoms with Gasteiger partial charge in [0.1, 0.15) is 12.3 Å². The number of phenols is 1. The third-order valence-corrected chi connectivity index (χ3v) is 3.17. The SMILES string of the molecule is Cc1c(Cl)cnn1CC(=O)Nc1ccc([N+](=O)[O-])cc1O. The van der Waals surface area contributed by atoms with E-state index in [1.54, 1.807) is 6.92 Å². The van der Waals surface area contributed by atoms with Gasteiger partial charge in [-0.05, 0) is 13.0 Å². The normalized spacial score (nSPS) is 10.4. The van der Waals surface area contributed by atoms with E-state index in [2.05, 4.69) is 10.4 Å². The van der Waals surface area contributed by atoms with Gasteiger partial charge in [-0.25, -0.2) is 0 Å². The highest BCUT2D eigenvalue weighted by Gasteiger charge is 2.13. The van der Waals surface area contributed by atoms with Crippen LogP contribution in [0.25, 0.3) is 0 Å². The standard InChI is InChI=1S/C12H11ClN4O4/c1-7-9(13)5-14-16(7)6-12(19)15-10-3-2-8(17(20)21)4-11(10)18/h2-5,18H,6H2,1H3,(H,15,19). The van der Waals surface area contributed by atoms with Crippen LogP contribution in [0.4, 0.5) is 11.4 Å². The first-order chi connectivity index (χ1) is 9.88. The Bertz CT molecular complexity index is 713. The topological polar surface area (TPSA) is 110 Å². The van der Waals surface area contributed by atoms with Crippen LogP contribution in [-0.4, -0.2) is 25.7 Å². The minimum Gasteiger partial charge on any atom is -0.506 e. The van der Waals surface area contributed by atoms with E-state index in [0.29, 0.717) is 10.7 Å². The lowest BCUT2D eigenvalue weighted by atomic mass is 10.2. The van der Waals surface area contributed by atoms with Crippen LogP contribution in [0.2, 0.25) is 5.02 Å². The second-order valence-corrected chi connectivity index (χ2v) is 4.65. The van der Waals surface area contributed by atoms with Gasteiger partial charge in [0.25, 0.3) is 5.69 Å². The number of anilines is 1. The largest absolute Gasteiger partial charge is 0.506 e. The Morgan fingerprint density at radius 3 is 2.81 bits per heavy atom. The van der Waals surface area contributed by atoms with Crippen LogP contribution in [0, 0.1) is 17.0 Å². The summed E-state index contributed by atoms with van der Waals surface area (Å²) in [6.07, 6.45) is 1.42. The van der Waals surface area contributed by atoms with Crippen LogP contribution in [-0.2, 0) is 11.3 Å². The highest BCUT2D eigenvalue weighted by Crippen LogP contribution is 2.27. The van der Waals surface area contributed by atoms with E-state index in [4.69, 9.17) is 11.6 Å². The van der Waals surface area contributed by atoms with Crippen molar-refractivity contribution >= 4 is 28.9 Å². The molecule has 0 aliphatic heterocycles. The van der Waals surface area contributed by atoms with Crippen LogP contribution in [0.1, 0.15) is 5.69 Å². The Morgan fingerprint density at radius 2 is 2.29 bits per heavy atom. The van der Waals surface area contributed by atoms with Gasteiger partial charge in [-0.1, -0.05) is 11.6 Å². The Morgan fingerprint density at radius 1 is 1.57 bits per heavy atom. The minimum absolute atomic E-state index is 0.0847. The third kappa shape index (κ3) is 3.29. The first-order valence-corrected chi connectivity index (χ1v) is 6.21. The van der Waals surface area contributed by atoms with E-state index in [9.17, 15) is 20.0 Å². The number of halogens is 1. The number of nitro benzene ring substituents is 1. The van der Waals surface area contributed by atoms with Gasteiger partial charge in [-0.15, -0.1) is 0 Å². The molecular formula is C12H11ClN4O4. The zero-order valence-electron chi connectivity index (χ0n) is 10.9. The molecule has 0 aliphatic rings. The molecule has 0 fully saturated rings. The van der Waals surface area contributed by atoms with Crippen molar-refractivity contribution in [2.75, 3.05) is 5.32 Å². The van der Waals surface area contributed by atoms with Gasteiger partial charge in [0, 0.05) is 6.07 Å². The number of hydrogen-bond acceptors (Lipinski definition) is 5. The summed E-state index contributed by atoms with van der Waals surface area (Å²) in [5.74, 6) is -0.824. The number of aromatic nitrogens is 2. The molecule has 0 saturated carbocycles. The number of carbonyl (C=O) groups is 1. The number of nitrogens with one attached hydrogen (secondary N) is 1. The zero-order valence-corrected chi connectivity index (χ0v) is 11.7. The second kappa shape index (κ2) is 5.80. The van der Waals surface area contributed by atoms with E-state index >= 15 is 0 Å². The van der Waals surface area contributed by atoms with Gasteiger partial charge in [-0.3, -0.25) is 19.6 Å². The van der Waals surface area contributed by atoms with E-state index in [-0.39, 0.29) is 23.7 Å². The summed E-state index contributed by atoms with van der Waals surface area (Å²) in [6.45, 7) is 1.63. The summed E-state index contributed by atoms with van der Waals surface area (Å²) in [5, 5.41) is 27.0. The smallest absolute Gasteiger partial charge is 0.273 e. The maximum atomic E-state index is 11.9. The van der Waals surface area contributed by atoms with Crippen molar-refractivity contribution in [2.24, 2.45) is 0 Å². The Hall–Kier alpha value is -2.61. The van der Waals surface area contributed by atoms with E-state index in [1.165, 1.54) is 23.0 Å². The Labute approximate surface area is 124 Å². The monoisotopic (exact) mass is 310 g/mol. The summed E-state index contributed by atoms with van der Waals surface area (Å²) < 4.78 is 1.40. The van der Waals surface area contributed by atoms with Crippen LogP contribution >= 0.6 is 11.6 Å². The number of nitro groups is 1. The minimum atomic E-state index is -0.638. The quantitative estimate of drug-likeness (QED) is 0.510. The van der Waals surface area contributed by atoms with Gasteiger partial charge in [-0.2, -0.15) is 5.10 Å². The Kier molecular flexibility index (Phi) is 4.08. The van der Waals surface area contributed by atoms with Gasteiger partial charge < -0.3 is 10.4 Å². The molecule has 0 unspecified atom stereocenters. The fourth-order valence-corrected chi connectivity index (χ4v) is 1.79. The molecule has 2 rings (SSSR count). The number of rotatable bonds is 4. The molecule has 0 aliphatic carbocycles. The molecule has 1 heterocycles. The molecule has 0 atom stereocenters. The predicted molar refractivity (Wildman–Crippen MR) is 75.4 cm³/mol. The van der Waals surface area contributed by atoms with Crippen molar-refractivity contribution in [2.45, 2.75) is 13.5 Å². The number of aromatic hydroxyl groups is 1. The van der Waals surface area contributed by atoms with Gasteiger partial charge >= 0.3 is 0 Å². The van der Waals surface area contributed by atoms with E-state index in [1.807, 2.05) is 0 Å². The zero-order chi connectivity index (χ0) is 15.6. The van der Waals surface area contributed by atoms with E-state index in [0.717, 1.165) is 6.07 Å². The second-order valence-electron chi connectivity index (χ2n) is 4.24. The summed E-state index contributed by atoms with van der Waals surface area (Å²) in [6, 6.07) is 3.41. The van der Waals surface area contributed by atoms with Crippen LogP contribution < -0.4 is 5.32 Å². The lowest BCUT2D eigenvalue weighted by Gasteiger charge is -2.08. The van der Waals surface area contributed by atoms with Crippen molar-refractivity contribution in [1.29, 1.82) is 0 Å².